The second-order valence-corrected chi connectivity index (χ2v) is 24.6. The lowest BCUT2D eigenvalue weighted by Gasteiger charge is -2.15. The molecule has 0 atom stereocenters. The number of carbonyl (C=O) groups excluding carboxylic acids is 4. The van der Waals surface area contributed by atoms with E-state index in [0.717, 1.165) is 89.1 Å². The van der Waals surface area contributed by atoms with Crippen LogP contribution in [0.15, 0.2) is 340 Å². The van der Waals surface area contributed by atoms with Crippen LogP contribution in [-0.2, 0) is 19.2 Å². The quantitative estimate of drug-likeness (QED) is 0.152. The van der Waals surface area contributed by atoms with Crippen LogP contribution < -0.4 is 0 Å². The summed E-state index contributed by atoms with van der Waals surface area (Å²) < 4.78 is 0. The summed E-state index contributed by atoms with van der Waals surface area (Å²) in [6, 6.07) is 113. The summed E-state index contributed by atoms with van der Waals surface area (Å²) in [6.07, 6.45) is 0. The molecule has 0 saturated carbocycles. The first-order valence-corrected chi connectivity index (χ1v) is 32.4. The van der Waals surface area contributed by atoms with Crippen molar-refractivity contribution in [3.05, 3.63) is 429 Å². The number of allylic oxidation sites excluding steroid dienone is 16. The van der Waals surface area contributed by atoms with Crippen LogP contribution in [0.2, 0.25) is 0 Å². The van der Waals surface area contributed by atoms with Crippen molar-refractivity contribution in [1.29, 1.82) is 0 Å². The Kier molecular flexibility index (Phi) is 14.1. The van der Waals surface area contributed by atoms with Crippen LogP contribution >= 0.6 is 0 Å². The molecule has 12 aromatic carbocycles. The van der Waals surface area contributed by atoms with Crippen molar-refractivity contribution in [2.24, 2.45) is 0 Å². The largest absolute Gasteiger partial charge is 0.289 e. The molecule has 0 unspecified atom stereocenters. The van der Waals surface area contributed by atoms with Crippen molar-refractivity contribution < 1.29 is 19.2 Å². The van der Waals surface area contributed by atoms with Gasteiger partial charge in [0.05, 0.1) is 0 Å². The maximum Gasteiger partial charge on any atom is 0.195 e. The summed E-state index contributed by atoms with van der Waals surface area (Å²) >= 11 is 0. The molecular formula is C92H56O4. The van der Waals surface area contributed by atoms with Gasteiger partial charge in [-0.25, -0.2) is 0 Å². The standard InChI is InChI=1S/C92H56O4/c93-89-81-65-41-43-67(44-42-65)83-75(59-29-13-3-14-30-59)76(60-31-15-4-16-32-60)85(90(83)94)69-49-51-71(52-50-69)87-79(63-37-21-7-22-38-63)80(64-39-23-8-24-40-64)88(92(87)96)72-55-53-70(54-56-72)86-78(62-35-19-6-20-36-62)77(61-33-17-5-18-34-61)84(91(86)95)68-47-45-66(46-48-68)82(89)74(58-27-11-2-12-28-58)73(81)57-25-9-1-10-26-57/h1-56H. The van der Waals surface area contributed by atoms with E-state index in [1.165, 1.54) is 0 Å². The molecule has 23 rings (SSSR count). The molecule has 11 aliphatic rings. The summed E-state index contributed by atoms with van der Waals surface area (Å²) in [4.78, 5) is 64.7. The van der Waals surface area contributed by atoms with Crippen LogP contribution in [0, 0.1) is 0 Å². The molecule has 12 aromatic rings. The molecule has 0 aromatic heterocycles. The van der Waals surface area contributed by atoms with E-state index in [2.05, 4.69) is 97.1 Å². The molecule has 96 heavy (non-hydrogen) atoms. The third-order valence-corrected chi connectivity index (χ3v) is 19.2. The third kappa shape index (κ3) is 9.45. The average molecular weight is 1230 g/mol. The number of rotatable bonds is 8. The van der Waals surface area contributed by atoms with Crippen molar-refractivity contribution in [1.82, 2.24) is 0 Å². The van der Waals surface area contributed by atoms with E-state index in [1.54, 1.807) is 0 Å². The van der Waals surface area contributed by atoms with Gasteiger partial charge in [0.25, 0.3) is 0 Å². The molecule has 0 fully saturated rings. The first kappa shape index (κ1) is 57.2. The first-order chi connectivity index (χ1) is 47.4. The van der Waals surface area contributed by atoms with Crippen LogP contribution in [0.25, 0.3) is 89.2 Å². The molecule has 0 radical (unpaired) electrons. The SMILES string of the molecule is O=C1C2=C(c3ccccc3)C(c3ccccc3)=C1c1ccc(cc1)C1=C(c3ccccc3)C(c3ccccc3)=C(C1=O)c1ccc(cc1)C1=C(c3ccccc3)C(c3ccccc3)=C(C1=O)c1ccc(cc1)C1=C(c3ccccc3)C(c3ccccc3)=C(C1=O)c1ccc2cc1. The fourth-order valence-electron chi connectivity index (χ4n) is 15.0. The van der Waals surface area contributed by atoms with Crippen molar-refractivity contribution >= 4 is 112 Å². The zero-order chi connectivity index (χ0) is 64.4. The van der Waals surface area contributed by atoms with E-state index >= 15 is 19.2 Å². The molecule has 0 saturated heterocycles. The van der Waals surface area contributed by atoms with Gasteiger partial charge >= 0.3 is 0 Å². The molecule has 0 spiro atoms. The van der Waals surface area contributed by atoms with Gasteiger partial charge in [0.1, 0.15) is 0 Å². The Morgan fingerprint density at radius 1 is 0.0938 bits per heavy atom. The number of ketones is 4. The minimum Gasteiger partial charge on any atom is -0.289 e. The van der Waals surface area contributed by atoms with Gasteiger partial charge in [0.2, 0.25) is 0 Å². The molecule has 16 bridgehead atoms. The predicted octanol–water partition coefficient (Wildman–Crippen LogP) is 20.4. The van der Waals surface area contributed by atoms with Crippen molar-refractivity contribution in [2.75, 3.05) is 0 Å². The minimum absolute atomic E-state index is 0.144. The Labute approximate surface area is 556 Å². The van der Waals surface area contributed by atoms with Gasteiger partial charge in [0.15, 0.2) is 23.1 Å². The van der Waals surface area contributed by atoms with Crippen LogP contribution in [0.4, 0.5) is 0 Å². The lowest BCUT2D eigenvalue weighted by molar-refractivity contribution is -0.109. The van der Waals surface area contributed by atoms with Crippen LogP contribution in [0.1, 0.15) is 89.0 Å². The minimum atomic E-state index is -0.144. The van der Waals surface area contributed by atoms with Gasteiger partial charge in [-0.15, -0.1) is 0 Å². The summed E-state index contributed by atoms with van der Waals surface area (Å²) in [5.74, 6) is -0.576. The molecule has 0 amide bonds. The van der Waals surface area contributed by atoms with E-state index in [1.807, 2.05) is 243 Å². The van der Waals surface area contributed by atoms with Crippen LogP contribution in [0.3, 0.4) is 0 Å². The van der Waals surface area contributed by atoms with Gasteiger partial charge < -0.3 is 0 Å². The highest BCUT2D eigenvalue weighted by Crippen LogP contribution is 2.56. The van der Waals surface area contributed by atoms with E-state index in [-0.39, 0.29) is 23.1 Å². The number of hydrogen-bond donors (Lipinski definition) is 0. The van der Waals surface area contributed by atoms with E-state index in [9.17, 15) is 0 Å². The fourth-order valence-corrected chi connectivity index (χ4v) is 15.0. The van der Waals surface area contributed by atoms with Gasteiger partial charge in [-0.05, 0) is 89.0 Å². The summed E-state index contributed by atoms with van der Waals surface area (Å²) in [5, 5.41) is 0. The molecule has 4 heteroatoms. The Balaban J connectivity index is 0.936. The van der Waals surface area contributed by atoms with Gasteiger partial charge in [-0.1, -0.05) is 340 Å². The van der Waals surface area contributed by atoms with Crippen LogP contribution in [-0.4, -0.2) is 23.1 Å². The van der Waals surface area contributed by atoms with Gasteiger partial charge in [-0.3, -0.25) is 19.2 Å². The normalized spacial score (nSPS) is 15.2. The number of Topliss-reactive ketones (excluding diaryl/α,β-unsaturated/α-hetero) is 4. The van der Waals surface area contributed by atoms with E-state index in [4.69, 9.17) is 0 Å². The topological polar surface area (TPSA) is 68.3 Å². The molecule has 448 valence electrons. The number of benzene rings is 12. The number of hydrogen-bond acceptors (Lipinski definition) is 4. The predicted molar refractivity (Wildman–Crippen MR) is 392 cm³/mol. The Morgan fingerprint density at radius 2 is 0.177 bits per heavy atom. The fraction of sp³-hybridized carbons (Fsp3) is 0. The highest BCUT2D eigenvalue weighted by atomic mass is 16.1. The lowest BCUT2D eigenvalue weighted by atomic mass is 9.87. The maximum atomic E-state index is 16.2. The highest BCUT2D eigenvalue weighted by Gasteiger charge is 2.41. The second kappa shape index (κ2) is 23.7. The van der Waals surface area contributed by atoms with E-state index < -0.39 is 0 Å². The summed E-state index contributed by atoms with van der Waals surface area (Å²) in [7, 11) is 0. The Hall–Kier alpha value is -12.8. The lowest BCUT2D eigenvalue weighted by Crippen LogP contribution is -2.05. The number of carbonyl (C=O) groups is 4. The molecule has 0 N–H and O–H groups in total. The zero-order valence-electron chi connectivity index (χ0n) is 52.0. The van der Waals surface area contributed by atoms with Crippen molar-refractivity contribution in [2.45, 2.75) is 0 Å². The molecule has 11 aliphatic carbocycles. The highest BCUT2D eigenvalue weighted by molar-refractivity contribution is 6.62. The van der Waals surface area contributed by atoms with Crippen LogP contribution in [0.5, 0.6) is 0 Å². The Bertz CT molecular complexity index is 4440. The van der Waals surface area contributed by atoms with Gasteiger partial charge in [0, 0.05) is 89.2 Å². The van der Waals surface area contributed by atoms with Crippen molar-refractivity contribution in [3.8, 4) is 0 Å². The zero-order valence-corrected chi connectivity index (χ0v) is 52.0. The van der Waals surface area contributed by atoms with E-state index in [0.29, 0.717) is 89.1 Å². The third-order valence-electron chi connectivity index (χ3n) is 19.2. The first-order valence-electron chi connectivity index (χ1n) is 32.4. The second-order valence-electron chi connectivity index (χ2n) is 24.6. The molecule has 4 nitrogen and oxygen atoms in total. The Morgan fingerprint density at radius 3 is 0.271 bits per heavy atom. The average Bonchev–Trinajstić information content (AvgIpc) is 1.59. The maximum absolute atomic E-state index is 16.2. The summed E-state index contributed by atoms with van der Waals surface area (Å²) in [5.41, 5.74) is 23.3. The summed E-state index contributed by atoms with van der Waals surface area (Å²) in [6.45, 7) is 0. The molecular weight excluding hydrogens is 1170 g/mol. The smallest absolute Gasteiger partial charge is 0.195 e. The van der Waals surface area contributed by atoms with Gasteiger partial charge in [-0.2, -0.15) is 0 Å². The van der Waals surface area contributed by atoms with Crippen molar-refractivity contribution in [3.63, 3.8) is 0 Å². The monoisotopic (exact) mass is 1220 g/mol. The molecule has 0 aliphatic heterocycles. The molecule has 0 heterocycles.